The zero-order valence-corrected chi connectivity index (χ0v) is 19.9. The van der Waals surface area contributed by atoms with Crippen molar-refractivity contribution in [3.05, 3.63) is 92.9 Å². The van der Waals surface area contributed by atoms with Gasteiger partial charge in [-0.3, -0.25) is 10.1 Å². The molecule has 1 aliphatic carbocycles. The number of rotatable bonds is 8. The largest absolute Gasteiger partial charge is 0.465 e. The number of carbonyl (C=O) groups is 2. The molecular weight excluding hydrogens is 468 g/mol. The van der Waals surface area contributed by atoms with Crippen LogP contribution >= 0.6 is 0 Å². The second-order valence-corrected chi connectivity index (χ2v) is 8.56. The first-order valence-electron chi connectivity index (χ1n) is 11.4. The minimum absolute atomic E-state index is 0.00589. The van der Waals surface area contributed by atoms with E-state index in [-0.39, 0.29) is 42.1 Å². The van der Waals surface area contributed by atoms with Crippen molar-refractivity contribution in [2.24, 2.45) is 5.92 Å². The molecule has 1 saturated carbocycles. The number of hydrogen-bond donors (Lipinski definition) is 1. The highest BCUT2D eigenvalue weighted by Crippen LogP contribution is 2.40. The van der Waals surface area contributed by atoms with E-state index < -0.39 is 16.9 Å². The first-order valence-corrected chi connectivity index (χ1v) is 11.4. The van der Waals surface area contributed by atoms with Crippen LogP contribution in [0.3, 0.4) is 0 Å². The number of allylic oxidation sites excluding steroid dienone is 2. The molecule has 0 radical (unpaired) electrons. The van der Waals surface area contributed by atoms with E-state index in [4.69, 9.17) is 13.9 Å². The topological polar surface area (TPSA) is 132 Å². The Balaban J connectivity index is 1.87. The summed E-state index contributed by atoms with van der Waals surface area (Å²) < 4.78 is 15.3. The maximum atomic E-state index is 12.8. The van der Waals surface area contributed by atoms with Gasteiger partial charge in [-0.2, -0.15) is 0 Å². The summed E-state index contributed by atoms with van der Waals surface area (Å²) >= 11 is 0. The highest BCUT2D eigenvalue weighted by Gasteiger charge is 2.36. The quantitative estimate of drug-likeness (QED) is 0.332. The standard InChI is InChI=1S/C26H26N2O8/c1-34-25(30)21-11-19(17-5-3-16(15-29)4-6-17)12-23(18-7-8-18)27(14-22(21)26(31)35-2)13-20-9-10-24(36-20)28(32)33/h3-6,9-12,14,18,23,29H,7-8,13,15H2,1-2H3. The van der Waals surface area contributed by atoms with Crippen molar-refractivity contribution in [3.63, 3.8) is 0 Å². The number of ether oxygens (including phenoxy) is 2. The van der Waals surface area contributed by atoms with E-state index in [2.05, 4.69) is 0 Å². The molecule has 1 unspecified atom stereocenters. The van der Waals surface area contributed by atoms with Crippen LogP contribution in [-0.4, -0.2) is 47.1 Å². The lowest BCUT2D eigenvalue weighted by molar-refractivity contribution is -0.402. The minimum atomic E-state index is -0.728. The number of aliphatic hydroxyl groups excluding tert-OH is 1. The molecule has 10 nitrogen and oxygen atoms in total. The first kappa shape index (κ1) is 24.9. The number of nitro groups is 1. The average molecular weight is 495 g/mol. The zero-order valence-electron chi connectivity index (χ0n) is 19.9. The van der Waals surface area contributed by atoms with E-state index >= 15 is 0 Å². The Labute approximate surface area is 207 Å². The van der Waals surface area contributed by atoms with Crippen LogP contribution in [0, 0.1) is 16.0 Å². The molecule has 1 N–H and O–H groups in total. The van der Waals surface area contributed by atoms with Crippen molar-refractivity contribution in [2.45, 2.75) is 32.0 Å². The van der Waals surface area contributed by atoms with Crippen molar-refractivity contribution in [1.82, 2.24) is 4.90 Å². The molecule has 1 fully saturated rings. The van der Waals surface area contributed by atoms with Crippen LogP contribution in [0.2, 0.25) is 0 Å². The number of nitrogens with zero attached hydrogens (tertiary/aromatic N) is 2. The van der Waals surface area contributed by atoms with E-state index in [0.29, 0.717) is 11.3 Å². The van der Waals surface area contributed by atoms with Crippen LogP contribution in [0.15, 0.2) is 70.3 Å². The van der Waals surface area contributed by atoms with Crippen molar-refractivity contribution >= 4 is 23.4 Å². The molecule has 1 atom stereocenters. The third-order valence-corrected chi connectivity index (χ3v) is 6.17. The van der Waals surface area contributed by atoms with Crippen LogP contribution in [0.4, 0.5) is 5.88 Å². The normalized spacial score (nSPS) is 17.8. The van der Waals surface area contributed by atoms with E-state index in [1.54, 1.807) is 18.2 Å². The van der Waals surface area contributed by atoms with Gasteiger partial charge < -0.3 is 23.9 Å². The van der Waals surface area contributed by atoms with Gasteiger partial charge >= 0.3 is 17.8 Å². The van der Waals surface area contributed by atoms with Gasteiger partial charge in [0, 0.05) is 6.20 Å². The first-order chi connectivity index (χ1) is 17.3. The Morgan fingerprint density at radius 3 is 2.31 bits per heavy atom. The minimum Gasteiger partial charge on any atom is -0.465 e. The van der Waals surface area contributed by atoms with Crippen LogP contribution in [0.1, 0.15) is 29.7 Å². The fraction of sp³-hybridized carbons (Fsp3) is 0.308. The summed E-state index contributed by atoms with van der Waals surface area (Å²) in [7, 11) is 2.45. The summed E-state index contributed by atoms with van der Waals surface area (Å²) in [5.74, 6) is -1.23. The Morgan fingerprint density at radius 2 is 1.75 bits per heavy atom. The summed E-state index contributed by atoms with van der Waals surface area (Å²) in [5.41, 5.74) is 2.19. The number of benzene rings is 1. The maximum Gasteiger partial charge on any atom is 0.433 e. The summed E-state index contributed by atoms with van der Waals surface area (Å²) in [6.07, 6.45) is 7.07. The third-order valence-electron chi connectivity index (χ3n) is 6.17. The van der Waals surface area contributed by atoms with E-state index in [1.807, 2.05) is 23.1 Å². The van der Waals surface area contributed by atoms with Gasteiger partial charge in [0.05, 0.1) is 50.6 Å². The summed E-state index contributed by atoms with van der Waals surface area (Å²) in [4.78, 5) is 38.0. The van der Waals surface area contributed by atoms with Crippen molar-refractivity contribution in [1.29, 1.82) is 0 Å². The van der Waals surface area contributed by atoms with Gasteiger partial charge in [0.1, 0.15) is 10.7 Å². The summed E-state index contributed by atoms with van der Waals surface area (Å²) in [6.45, 7) is 0.0166. The Morgan fingerprint density at radius 1 is 1.08 bits per heavy atom. The smallest absolute Gasteiger partial charge is 0.433 e. The number of furan rings is 1. The van der Waals surface area contributed by atoms with Crippen LogP contribution in [0.5, 0.6) is 0 Å². The fourth-order valence-electron chi connectivity index (χ4n) is 4.14. The number of aliphatic hydroxyl groups is 1. The van der Waals surface area contributed by atoms with Gasteiger partial charge in [0.15, 0.2) is 0 Å². The molecule has 1 aromatic carbocycles. The molecule has 4 rings (SSSR count). The number of hydrogen-bond acceptors (Lipinski definition) is 9. The van der Waals surface area contributed by atoms with Gasteiger partial charge in [-0.25, -0.2) is 9.59 Å². The molecule has 1 aliphatic heterocycles. The summed E-state index contributed by atoms with van der Waals surface area (Å²) in [5, 5.41) is 20.5. The molecule has 2 aliphatic rings. The second kappa shape index (κ2) is 10.6. The van der Waals surface area contributed by atoms with E-state index in [0.717, 1.165) is 24.0 Å². The highest BCUT2D eigenvalue weighted by atomic mass is 16.6. The molecule has 0 spiro atoms. The molecule has 1 aromatic heterocycles. The molecule has 0 bridgehead atoms. The van der Waals surface area contributed by atoms with E-state index in [9.17, 15) is 24.8 Å². The maximum absolute atomic E-state index is 12.8. The van der Waals surface area contributed by atoms with Gasteiger partial charge in [-0.15, -0.1) is 0 Å². The lowest BCUT2D eigenvalue weighted by Crippen LogP contribution is -2.33. The molecular formula is C26H26N2O8. The monoisotopic (exact) mass is 494 g/mol. The number of esters is 2. The number of carbonyl (C=O) groups excluding carboxylic acids is 2. The van der Waals surface area contributed by atoms with Crippen molar-refractivity contribution < 1.29 is 33.5 Å². The molecule has 188 valence electrons. The lowest BCUT2D eigenvalue weighted by atomic mass is 9.93. The molecule has 0 amide bonds. The van der Waals surface area contributed by atoms with Gasteiger partial charge in [0.25, 0.3) is 0 Å². The van der Waals surface area contributed by atoms with Gasteiger partial charge in [-0.1, -0.05) is 30.3 Å². The Kier molecular flexibility index (Phi) is 7.35. The van der Waals surface area contributed by atoms with E-state index in [1.165, 1.54) is 32.6 Å². The predicted octanol–water partition coefficient (Wildman–Crippen LogP) is 3.51. The lowest BCUT2D eigenvalue weighted by Gasteiger charge is -2.31. The average Bonchev–Trinajstić information content (AvgIpc) is 3.61. The van der Waals surface area contributed by atoms with Crippen LogP contribution in [-0.2, 0) is 32.2 Å². The van der Waals surface area contributed by atoms with Gasteiger partial charge in [-0.05, 0) is 47.6 Å². The second-order valence-electron chi connectivity index (χ2n) is 8.56. The third kappa shape index (κ3) is 5.38. The zero-order chi connectivity index (χ0) is 25.8. The van der Waals surface area contributed by atoms with Crippen LogP contribution < -0.4 is 0 Å². The van der Waals surface area contributed by atoms with Crippen molar-refractivity contribution in [2.75, 3.05) is 14.2 Å². The SMILES string of the molecule is COC(=O)C1=CC(c2ccc(CO)cc2)=CC(C2CC2)N(Cc2ccc([N+](=O)[O-])o2)C=C1C(=O)OC. The molecule has 0 saturated heterocycles. The Bertz CT molecular complexity index is 1250. The fourth-order valence-corrected chi connectivity index (χ4v) is 4.14. The van der Waals surface area contributed by atoms with Gasteiger partial charge in [0.2, 0.25) is 0 Å². The summed E-state index contributed by atoms with van der Waals surface area (Å²) in [6, 6.07) is 9.82. The molecule has 2 aromatic rings. The number of methoxy groups -OCH3 is 2. The highest BCUT2D eigenvalue weighted by molar-refractivity contribution is 6.08. The molecule has 36 heavy (non-hydrogen) atoms. The predicted molar refractivity (Wildman–Crippen MR) is 128 cm³/mol. The van der Waals surface area contributed by atoms with Crippen molar-refractivity contribution in [3.8, 4) is 0 Å². The molecule has 10 heteroatoms. The molecule has 2 heterocycles. The Hall–Kier alpha value is -4.18. The van der Waals surface area contributed by atoms with Crippen LogP contribution in [0.25, 0.3) is 5.57 Å².